The molecule has 0 unspecified atom stereocenters. The van der Waals surface area contributed by atoms with E-state index in [-0.39, 0.29) is 5.96 Å². The Balaban J connectivity index is 2.06. The van der Waals surface area contributed by atoms with Crippen LogP contribution >= 0.6 is 11.3 Å². The van der Waals surface area contributed by atoms with Gasteiger partial charge in [-0.2, -0.15) is 4.99 Å². The second kappa shape index (κ2) is 5.38. The Kier molecular flexibility index (Phi) is 3.41. The predicted octanol–water partition coefficient (Wildman–Crippen LogP) is 2.98. The first-order valence-electron chi connectivity index (χ1n) is 6.36. The Morgan fingerprint density at radius 3 is 2.52 bits per heavy atom. The number of guanidine groups is 1. The molecule has 0 bridgehead atoms. The fourth-order valence-electron chi connectivity index (χ4n) is 2.18. The van der Waals surface area contributed by atoms with Crippen LogP contribution in [0, 0.1) is 0 Å². The highest BCUT2D eigenvalue weighted by molar-refractivity contribution is 7.17. The van der Waals surface area contributed by atoms with Crippen molar-refractivity contribution in [1.29, 1.82) is 0 Å². The first-order valence-corrected chi connectivity index (χ1v) is 7.24. The summed E-state index contributed by atoms with van der Waals surface area (Å²) in [6.07, 6.45) is 0. The third kappa shape index (κ3) is 2.64. The maximum Gasteiger partial charge on any atom is 0.280 e. The largest absolute Gasteiger partial charge is 0.370 e. The van der Waals surface area contributed by atoms with E-state index in [1.54, 1.807) is 17.4 Å². The van der Waals surface area contributed by atoms with Gasteiger partial charge in [0.25, 0.3) is 5.91 Å². The number of thiophene rings is 1. The smallest absolute Gasteiger partial charge is 0.280 e. The Labute approximate surface area is 125 Å². The van der Waals surface area contributed by atoms with E-state index in [0.717, 1.165) is 21.2 Å². The van der Waals surface area contributed by atoms with E-state index in [2.05, 4.69) is 22.5 Å². The molecule has 0 spiro atoms. The number of aliphatic imine (C=N–C) groups is 1. The fourth-order valence-corrected chi connectivity index (χ4v) is 3.19. The fraction of sp³-hybridized carbons (Fsp3) is 0. The summed E-state index contributed by atoms with van der Waals surface area (Å²) in [6, 6.07) is 15.6. The molecule has 104 valence electrons. The summed E-state index contributed by atoms with van der Waals surface area (Å²) in [5.41, 5.74) is 13.3. The average Bonchev–Trinajstić information content (AvgIpc) is 2.90. The van der Waals surface area contributed by atoms with Crippen LogP contribution in [0.15, 0.2) is 58.9 Å². The summed E-state index contributed by atoms with van der Waals surface area (Å²) in [6.45, 7) is 0. The minimum atomic E-state index is -0.424. The molecule has 1 aromatic heterocycles. The van der Waals surface area contributed by atoms with Crippen LogP contribution in [0.4, 0.5) is 0 Å². The van der Waals surface area contributed by atoms with Crippen LogP contribution < -0.4 is 11.5 Å². The molecule has 2 aromatic carbocycles. The third-order valence-corrected chi connectivity index (χ3v) is 4.08. The van der Waals surface area contributed by atoms with Gasteiger partial charge in [0.1, 0.15) is 0 Å². The number of amides is 1. The van der Waals surface area contributed by atoms with Crippen molar-refractivity contribution >= 4 is 33.3 Å². The molecular formula is C16H13N3OS. The zero-order valence-corrected chi connectivity index (χ0v) is 11.9. The van der Waals surface area contributed by atoms with Gasteiger partial charge >= 0.3 is 0 Å². The maximum absolute atomic E-state index is 11.8. The van der Waals surface area contributed by atoms with Crippen LogP contribution in [0.2, 0.25) is 0 Å². The molecule has 3 rings (SSSR count). The molecule has 0 atom stereocenters. The minimum Gasteiger partial charge on any atom is -0.370 e. The molecule has 0 aliphatic heterocycles. The molecular weight excluding hydrogens is 282 g/mol. The van der Waals surface area contributed by atoms with Gasteiger partial charge in [0, 0.05) is 21.2 Å². The number of fused-ring (bicyclic) bond motifs is 1. The lowest BCUT2D eigenvalue weighted by Gasteiger charge is -2.01. The summed E-state index contributed by atoms with van der Waals surface area (Å²) in [5.74, 6) is -0.650. The molecule has 5 heteroatoms. The molecule has 1 heterocycles. The highest BCUT2D eigenvalue weighted by atomic mass is 32.1. The number of hydrogen-bond acceptors (Lipinski definition) is 2. The van der Waals surface area contributed by atoms with E-state index in [9.17, 15) is 4.79 Å². The van der Waals surface area contributed by atoms with Gasteiger partial charge in [-0.3, -0.25) is 4.79 Å². The van der Waals surface area contributed by atoms with Crippen molar-refractivity contribution in [3.05, 3.63) is 59.5 Å². The molecule has 0 fully saturated rings. The Hall–Kier alpha value is -2.66. The van der Waals surface area contributed by atoms with Crippen LogP contribution in [0.3, 0.4) is 0 Å². The molecule has 0 aliphatic rings. The van der Waals surface area contributed by atoms with Gasteiger partial charge in [0.2, 0.25) is 0 Å². The van der Waals surface area contributed by atoms with Crippen LogP contribution in [-0.4, -0.2) is 11.9 Å². The maximum atomic E-state index is 11.8. The molecule has 21 heavy (non-hydrogen) atoms. The van der Waals surface area contributed by atoms with E-state index in [1.807, 2.05) is 30.3 Å². The molecule has 1 amide bonds. The lowest BCUT2D eigenvalue weighted by atomic mass is 10.0. The highest BCUT2D eigenvalue weighted by Crippen LogP contribution is 2.34. The number of hydrogen-bond donors (Lipinski definition) is 2. The number of nitrogens with zero attached hydrogens (tertiary/aromatic N) is 1. The third-order valence-electron chi connectivity index (χ3n) is 3.14. The molecule has 0 aliphatic carbocycles. The lowest BCUT2D eigenvalue weighted by molar-refractivity contribution is 0.100. The van der Waals surface area contributed by atoms with Gasteiger partial charge in [0.15, 0.2) is 5.96 Å². The van der Waals surface area contributed by atoms with Crippen molar-refractivity contribution in [1.82, 2.24) is 0 Å². The Morgan fingerprint density at radius 2 is 1.81 bits per heavy atom. The topological polar surface area (TPSA) is 81.5 Å². The van der Waals surface area contributed by atoms with Gasteiger partial charge < -0.3 is 11.5 Å². The van der Waals surface area contributed by atoms with E-state index in [4.69, 9.17) is 11.5 Å². The molecule has 0 saturated carbocycles. The Bertz CT molecular complexity index is 833. The molecule has 4 nitrogen and oxygen atoms in total. The van der Waals surface area contributed by atoms with Gasteiger partial charge in [-0.25, -0.2) is 0 Å². The zero-order chi connectivity index (χ0) is 14.8. The number of carbonyl (C=O) groups excluding carboxylic acids is 1. The van der Waals surface area contributed by atoms with Crippen molar-refractivity contribution in [3.8, 4) is 11.1 Å². The van der Waals surface area contributed by atoms with Crippen molar-refractivity contribution in [2.45, 2.75) is 0 Å². The number of carbonyl (C=O) groups is 1. The second-order valence-corrected chi connectivity index (χ2v) is 5.48. The average molecular weight is 295 g/mol. The van der Waals surface area contributed by atoms with Crippen LogP contribution in [0.25, 0.3) is 21.2 Å². The monoisotopic (exact) mass is 295 g/mol. The Morgan fingerprint density at radius 1 is 1.05 bits per heavy atom. The SMILES string of the molecule is NC(N)=NC(=O)c1ccc2c(-c3ccccc3)csc2c1. The molecule has 0 radical (unpaired) electrons. The van der Waals surface area contributed by atoms with Crippen molar-refractivity contribution in [2.75, 3.05) is 0 Å². The predicted molar refractivity (Wildman–Crippen MR) is 87.4 cm³/mol. The van der Waals surface area contributed by atoms with Gasteiger partial charge in [-0.15, -0.1) is 11.3 Å². The lowest BCUT2D eigenvalue weighted by Crippen LogP contribution is -2.24. The van der Waals surface area contributed by atoms with E-state index in [0.29, 0.717) is 5.56 Å². The summed E-state index contributed by atoms with van der Waals surface area (Å²) in [7, 11) is 0. The summed E-state index contributed by atoms with van der Waals surface area (Å²) in [5, 5.41) is 3.21. The first-order chi connectivity index (χ1) is 10.1. The molecule has 4 N–H and O–H groups in total. The minimum absolute atomic E-state index is 0.226. The number of nitrogens with two attached hydrogens (primary N) is 2. The number of rotatable bonds is 2. The number of benzene rings is 2. The van der Waals surface area contributed by atoms with Crippen molar-refractivity contribution in [3.63, 3.8) is 0 Å². The van der Waals surface area contributed by atoms with Gasteiger partial charge in [-0.05, 0) is 23.1 Å². The van der Waals surface area contributed by atoms with E-state index in [1.165, 1.54) is 0 Å². The summed E-state index contributed by atoms with van der Waals surface area (Å²) < 4.78 is 1.03. The molecule has 3 aromatic rings. The quantitative estimate of drug-likeness (QED) is 0.563. The zero-order valence-electron chi connectivity index (χ0n) is 11.1. The summed E-state index contributed by atoms with van der Waals surface area (Å²) >= 11 is 1.60. The molecule has 0 saturated heterocycles. The van der Waals surface area contributed by atoms with Crippen molar-refractivity contribution < 1.29 is 4.79 Å². The first kappa shape index (κ1) is 13.3. The van der Waals surface area contributed by atoms with Crippen LogP contribution in [0.5, 0.6) is 0 Å². The van der Waals surface area contributed by atoms with Crippen LogP contribution in [0.1, 0.15) is 10.4 Å². The van der Waals surface area contributed by atoms with Crippen LogP contribution in [-0.2, 0) is 0 Å². The van der Waals surface area contributed by atoms with Gasteiger partial charge in [0.05, 0.1) is 0 Å². The highest BCUT2D eigenvalue weighted by Gasteiger charge is 2.10. The van der Waals surface area contributed by atoms with Gasteiger partial charge in [-0.1, -0.05) is 36.4 Å². The normalized spacial score (nSPS) is 10.5. The second-order valence-electron chi connectivity index (χ2n) is 4.57. The van der Waals surface area contributed by atoms with Crippen molar-refractivity contribution in [2.24, 2.45) is 16.5 Å². The van der Waals surface area contributed by atoms with E-state index < -0.39 is 5.91 Å². The summed E-state index contributed by atoms with van der Waals surface area (Å²) in [4.78, 5) is 15.4. The standard InChI is InChI=1S/C16H13N3OS/c17-16(18)19-15(20)11-6-7-12-13(9-21-14(12)8-11)10-4-2-1-3-5-10/h1-9H,(H4,17,18,19,20). The van der Waals surface area contributed by atoms with E-state index >= 15 is 0 Å².